The molecule has 1 heterocycles. The van der Waals surface area contributed by atoms with Gasteiger partial charge < -0.3 is 14.2 Å². The number of Topliss-reactive ketones (excluding diaryl/α,β-unsaturated/α-hetero) is 1. The number of ketones is 1. The highest BCUT2D eigenvalue weighted by atomic mass is 35.5. The number of rotatable bonds is 2. The van der Waals surface area contributed by atoms with Crippen molar-refractivity contribution in [2.75, 3.05) is 20.8 Å². The number of hydrogen-bond acceptors (Lipinski definition) is 4. The van der Waals surface area contributed by atoms with Crippen LogP contribution in [0.3, 0.4) is 0 Å². The normalized spacial score (nSPS) is 45.5. The molecule has 1 aliphatic heterocycles. The van der Waals surface area contributed by atoms with Gasteiger partial charge in [0.05, 0.1) is 29.6 Å². The molecule has 0 N–H and O–H groups in total. The summed E-state index contributed by atoms with van der Waals surface area (Å²) in [6.07, 6.45) is 0.147. The van der Waals surface area contributed by atoms with Gasteiger partial charge in [0.25, 0.3) is 0 Å². The number of alkyl halides is 1. The average molecular weight is 235 g/mol. The Hall–Kier alpha value is -0.160. The Morgan fingerprint density at radius 2 is 2.00 bits per heavy atom. The first-order chi connectivity index (χ1) is 7.19. The molecule has 0 bridgehead atoms. The highest BCUT2D eigenvalue weighted by molar-refractivity contribution is 6.22. The molecule has 5 atom stereocenters. The number of ether oxygens (including phenoxy) is 3. The SMILES string of the molecule is CO[C@H]1C[C@@H](OC)[C@@H](Cl)[C@@H]2OCC(=O)[C@H]21. The maximum atomic E-state index is 11.6. The lowest BCUT2D eigenvalue weighted by Gasteiger charge is -2.38. The van der Waals surface area contributed by atoms with Crippen molar-refractivity contribution in [3.63, 3.8) is 0 Å². The van der Waals surface area contributed by atoms with Gasteiger partial charge in [-0.2, -0.15) is 0 Å². The van der Waals surface area contributed by atoms with Crippen LogP contribution in [-0.2, 0) is 19.0 Å². The lowest BCUT2D eigenvalue weighted by Crippen LogP contribution is -2.51. The Balaban J connectivity index is 2.19. The van der Waals surface area contributed by atoms with Crippen molar-refractivity contribution in [2.24, 2.45) is 5.92 Å². The van der Waals surface area contributed by atoms with Crippen LogP contribution in [0.2, 0.25) is 0 Å². The Morgan fingerprint density at radius 1 is 1.33 bits per heavy atom. The molecular formula is C10H15ClO4. The second-order valence-electron chi connectivity index (χ2n) is 4.00. The first-order valence-corrected chi connectivity index (χ1v) is 5.46. The molecular weight excluding hydrogens is 220 g/mol. The fourth-order valence-corrected chi connectivity index (χ4v) is 2.89. The summed E-state index contributed by atoms with van der Waals surface area (Å²) in [4.78, 5) is 11.6. The maximum absolute atomic E-state index is 11.6. The second-order valence-corrected chi connectivity index (χ2v) is 4.50. The molecule has 2 rings (SSSR count). The number of halogens is 1. The minimum absolute atomic E-state index is 0.0899. The quantitative estimate of drug-likeness (QED) is 0.657. The number of fused-ring (bicyclic) bond motifs is 1. The van der Waals surface area contributed by atoms with E-state index in [1.807, 2.05) is 0 Å². The van der Waals surface area contributed by atoms with Crippen molar-refractivity contribution < 1.29 is 19.0 Å². The largest absolute Gasteiger partial charge is 0.380 e. The molecule has 0 aromatic rings. The van der Waals surface area contributed by atoms with Gasteiger partial charge in [0.2, 0.25) is 0 Å². The Kier molecular flexibility index (Phi) is 3.30. The third kappa shape index (κ3) is 1.80. The molecule has 86 valence electrons. The zero-order chi connectivity index (χ0) is 11.0. The fraction of sp³-hybridized carbons (Fsp3) is 0.900. The van der Waals surface area contributed by atoms with Crippen LogP contribution >= 0.6 is 11.6 Å². The lowest BCUT2D eigenvalue weighted by molar-refractivity contribution is -0.127. The molecule has 2 fully saturated rings. The minimum Gasteiger partial charge on any atom is -0.380 e. The van der Waals surface area contributed by atoms with Crippen LogP contribution in [0.15, 0.2) is 0 Å². The van der Waals surface area contributed by atoms with Crippen LogP contribution in [0.4, 0.5) is 0 Å². The van der Waals surface area contributed by atoms with Crippen molar-refractivity contribution in [1.29, 1.82) is 0 Å². The second kappa shape index (κ2) is 4.37. The zero-order valence-electron chi connectivity index (χ0n) is 8.81. The summed E-state index contributed by atoms with van der Waals surface area (Å²) in [5.74, 6) is -0.129. The van der Waals surface area contributed by atoms with Crippen molar-refractivity contribution in [3.8, 4) is 0 Å². The molecule has 5 heteroatoms. The van der Waals surface area contributed by atoms with Crippen molar-refractivity contribution >= 4 is 17.4 Å². The monoisotopic (exact) mass is 234 g/mol. The van der Waals surface area contributed by atoms with E-state index in [4.69, 9.17) is 25.8 Å². The van der Waals surface area contributed by atoms with Crippen LogP contribution in [0.1, 0.15) is 6.42 Å². The predicted molar refractivity (Wildman–Crippen MR) is 54.1 cm³/mol. The third-order valence-electron chi connectivity index (χ3n) is 3.28. The molecule has 0 spiro atoms. The summed E-state index contributed by atoms with van der Waals surface area (Å²) in [5.41, 5.74) is 0. The van der Waals surface area contributed by atoms with E-state index in [9.17, 15) is 4.79 Å². The van der Waals surface area contributed by atoms with Crippen LogP contribution < -0.4 is 0 Å². The van der Waals surface area contributed by atoms with E-state index in [2.05, 4.69) is 0 Å². The molecule has 15 heavy (non-hydrogen) atoms. The van der Waals surface area contributed by atoms with Gasteiger partial charge in [-0.3, -0.25) is 4.79 Å². The minimum atomic E-state index is -0.266. The van der Waals surface area contributed by atoms with Gasteiger partial charge in [0.15, 0.2) is 5.78 Å². The first-order valence-electron chi connectivity index (χ1n) is 5.03. The molecule has 0 amide bonds. The van der Waals surface area contributed by atoms with Gasteiger partial charge in [0.1, 0.15) is 6.61 Å². The summed E-state index contributed by atoms with van der Waals surface area (Å²) >= 11 is 6.21. The summed E-state index contributed by atoms with van der Waals surface area (Å²) < 4.78 is 16.0. The van der Waals surface area contributed by atoms with Crippen LogP contribution in [0.5, 0.6) is 0 Å². The van der Waals surface area contributed by atoms with E-state index < -0.39 is 0 Å². The van der Waals surface area contributed by atoms with E-state index in [0.29, 0.717) is 6.42 Å². The lowest BCUT2D eigenvalue weighted by atomic mass is 9.81. The Labute approximate surface area is 93.8 Å². The van der Waals surface area contributed by atoms with Gasteiger partial charge >= 0.3 is 0 Å². The van der Waals surface area contributed by atoms with Crippen molar-refractivity contribution in [3.05, 3.63) is 0 Å². The van der Waals surface area contributed by atoms with Crippen LogP contribution in [0.25, 0.3) is 0 Å². The van der Waals surface area contributed by atoms with Gasteiger partial charge in [-0.25, -0.2) is 0 Å². The molecule has 4 nitrogen and oxygen atoms in total. The number of hydrogen-bond donors (Lipinski definition) is 0. The Bertz CT molecular complexity index is 258. The van der Waals surface area contributed by atoms with E-state index in [1.54, 1.807) is 14.2 Å². The third-order valence-corrected chi connectivity index (χ3v) is 3.81. The fourth-order valence-electron chi connectivity index (χ4n) is 2.46. The van der Waals surface area contributed by atoms with Crippen molar-refractivity contribution in [1.82, 2.24) is 0 Å². The predicted octanol–water partition coefficient (Wildman–Crippen LogP) is 0.612. The van der Waals surface area contributed by atoms with Gasteiger partial charge in [0, 0.05) is 20.6 Å². The first kappa shape index (κ1) is 11.3. The maximum Gasteiger partial charge on any atom is 0.166 e. The summed E-state index contributed by atoms with van der Waals surface area (Å²) in [5, 5.41) is -0.266. The molecule has 0 radical (unpaired) electrons. The van der Waals surface area contributed by atoms with E-state index in [-0.39, 0.29) is 42.0 Å². The highest BCUT2D eigenvalue weighted by Crippen LogP contribution is 2.37. The number of carbonyl (C=O) groups excluding carboxylic acids is 1. The molecule has 2 aliphatic rings. The standard InChI is InChI=1S/C10H15ClO4/c1-13-6-3-7(14-2)9(11)10-8(6)5(12)4-15-10/h6-10H,3-4H2,1-2H3/t6-,7+,8-,9+,10+/m0/s1. The number of carbonyl (C=O) groups is 1. The van der Waals surface area contributed by atoms with Crippen molar-refractivity contribution in [2.45, 2.75) is 30.1 Å². The molecule has 1 aliphatic carbocycles. The Morgan fingerprint density at radius 3 is 2.60 bits per heavy atom. The van der Waals surface area contributed by atoms with E-state index in [0.717, 1.165) is 0 Å². The number of methoxy groups -OCH3 is 2. The van der Waals surface area contributed by atoms with E-state index in [1.165, 1.54) is 0 Å². The molecule has 0 aromatic heterocycles. The topological polar surface area (TPSA) is 44.8 Å². The summed E-state index contributed by atoms with van der Waals surface area (Å²) in [6, 6.07) is 0. The summed E-state index contributed by atoms with van der Waals surface area (Å²) in [7, 11) is 3.22. The average Bonchev–Trinajstić information content (AvgIpc) is 2.63. The molecule has 1 saturated heterocycles. The highest BCUT2D eigenvalue weighted by Gasteiger charge is 2.51. The van der Waals surface area contributed by atoms with Gasteiger partial charge in [-0.15, -0.1) is 11.6 Å². The molecule has 0 unspecified atom stereocenters. The molecule has 0 aromatic carbocycles. The van der Waals surface area contributed by atoms with E-state index >= 15 is 0 Å². The smallest absolute Gasteiger partial charge is 0.166 e. The summed E-state index contributed by atoms with van der Waals surface area (Å²) in [6.45, 7) is 0.148. The zero-order valence-corrected chi connectivity index (χ0v) is 9.57. The van der Waals surface area contributed by atoms with Gasteiger partial charge in [-0.1, -0.05) is 0 Å². The van der Waals surface area contributed by atoms with Gasteiger partial charge in [-0.05, 0) is 0 Å². The van der Waals surface area contributed by atoms with Crippen LogP contribution in [-0.4, -0.2) is 50.3 Å². The van der Waals surface area contributed by atoms with Crippen LogP contribution in [0, 0.1) is 5.92 Å². The molecule has 1 saturated carbocycles.